The fourth-order valence-electron chi connectivity index (χ4n) is 3.45. The molecule has 2 aliphatic carbocycles. The molecule has 1 amide bonds. The van der Waals surface area contributed by atoms with Crippen molar-refractivity contribution in [3.63, 3.8) is 0 Å². The third kappa shape index (κ3) is 3.69. The highest BCUT2D eigenvalue weighted by Crippen LogP contribution is 2.31. The van der Waals surface area contributed by atoms with Crippen molar-refractivity contribution in [3.8, 4) is 0 Å². The number of aliphatic carboxylic acids is 1. The highest BCUT2D eigenvalue weighted by Gasteiger charge is 2.33. The Labute approximate surface area is 113 Å². The van der Waals surface area contributed by atoms with E-state index in [1.54, 1.807) is 0 Å². The van der Waals surface area contributed by atoms with Gasteiger partial charge in [-0.05, 0) is 38.0 Å². The molecule has 2 aliphatic rings. The van der Waals surface area contributed by atoms with Crippen LogP contribution in [0.1, 0.15) is 44.9 Å². The topological polar surface area (TPSA) is 92.4 Å². The Kier molecular flexibility index (Phi) is 4.80. The monoisotopic (exact) mass is 268 g/mol. The minimum absolute atomic E-state index is 0.0217. The van der Waals surface area contributed by atoms with Crippen molar-refractivity contribution < 1.29 is 14.7 Å². The van der Waals surface area contributed by atoms with Crippen LogP contribution >= 0.6 is 0 Å². The van der Waals surface area contributed by atoms with Gasteiger partial charge in [0.15, 0.2) is 0 Å². The molecule has 2 fully saturated rings. The summed E-state index contributed by atoms with van der Waals surface area (Å²) in [5, 5.41) is 12.0. The van der Waals surface area contributed by atoms with E-state index in [-0.39, 0.29) is 29.7 Å². The number of hydrogen-bond donors (Lipinski definition) is 3. The average Bonchev–Trinajstić information content (AvgIpc) is 2.84. The van der Waals surface area contributed by atoms with Crippen LogP contribution in [0.2, 0.25) is 0 Å². The molecule has 108 valence electrons. The number of hydrogen-bond acceptors (Lipinski definition) is 3. The Morgan fingerprint density at radius 2 is 1.89 bits per heavy atom. The lowest BCUT2D eigenvalue weighted by Crippen LogP contribution is -2.40. The van der Waals surface area contributed by atoms with Gasteiger partial charge in [0, 0.05) is 18.5 Å². The second-order valence-corrected chi connectivity index (χ2v) is 6.00. The summed E-state index contributed by atoms with van der Waals surface area (Å²) in [5.41, 5.74) is 5.89. The SMILES string of the molecule is NC1CCCC(C(=O)NCC2CCCC2C(=O)O)C1. The molecule has 0 aliphatic heterocycles. The van der Waals surface area contributed by atoms with Crippen molar-refractivity contribution in [3.05, 3.63) is 0 Å². The molecule has 2 rings (SSSR count). The summed E-state index contributed by atoms with van der Waals surface area (Å²) in [4.78, 5) is 23.1. The van der Waals surface area contributed by atoms with E-state index >= 15 is 0 Å². The molecule has 0 aromatic carbocycles. The summed E-state index contributed by atoms with van der Waals surface area (Å²) in [6.45, 7) is 0.502. The van der Waals surface area contributed by atoms with Crippen molar-refractivity contribution in [1.82, 2.24) is 5.32 Å². The summed E-state index contributed by atoms with van der Waals surface area (Å²) < 4.78 is 0. The molecule has 4 N–H and O–H groups in total. The number of amides is 1. The number of carbonyl (C=O) groups excluding carboxylic acids is 1. The Bertz CT molecular complexity index is 346. The first-order valence-electron chi connectivity index (χ1n) is 7.34. The van der Waals surface area contributed by atoms with Gasteiger partial charge < -0.3 is 16.2 Å². The highest BCUT2D eigenvalue weighted by molar-refractivity contribution is 5.79. The summed E-state index contributed by atoms with van der Waals surface area (Å²) in [5.74, 6) is -0.830. The van der Waals surface area contributed by atoms with Crippen molar-refractivity contribution in [2.24, 2.45) is 23.5 Å². The van der Waals surface area contributed by atoms with E-state index in [4.69, 9.17) is 10.8 Å². The van der Waals surface area contributed by atoms with Crippen molar-refractivity contribution >= 4 is 11.9 Å². The van der Waals surface area contributed by atoms with Gasteiger partial charge in [0.05, 0.1) is 5.92 Å². The van der Waals surface area contributed by atoms with Crippen LogP contribution in [-0.2, 0) is 9.59 Å². The predicted molar refractivity (Wildman–Crippen MR) is 71.4 cm³/mol. The molecule has 0 aromatic heterocycles. The number of nitrogens with one attached hydrogen (secondary N) is 1. The fourth-order valence-corrected chi connectivity index (χ4v) is 3.45. The zero-order chi connectivity index (χ0) is 13.8. The number of carbonyl (C=O) groups is 2. The van der Waals surface area contributed by atoms with Gasteiger partial charge in [0.25, 0.3) is 0 Å². The number of rotatable bonds is 4. The Hall–Kier alpha value is -1.10. The van der Waals surface area contributed by atoms with E-state index in [1.807, 2.05) is 0 Å². The predicted octanol–water partition coefficient (Wildman–Crippen LogP) is 1.12. The van der Waals surface area contributed by atoms with E-state index in [2.05, 4.69) is 5.32 Å². The van der Waals surface area contributed by atoms with Crippen LogP contribution in [0, 0.1) is 17.8 Å². The van der Waals surface area contributed by atoms with Crippen LogP contribution in [0.25, 0.3) is 0 Å². The van der Waals surface area contributed by atoms with Gasteiger partial charge in [-0.3, -0.25) is 9.59 Å². The fraction of sp³-hybridized carbons (Fsp3) is 0.857. The first kappa shape index (κ1) is 14.3. The van der Waals surface area contributed by atoms with Crippen molar-refractivity contribution in [2.75, 3.05) is 6.54 Å². The van der Waals surface area contributed by atoms with E-state index in [9.17, 15) is 9.59 Å². The molecule has 0 radical (unpaired) electrons. The normalized spacial score (nSPS) is 35.0. The maximum Gasteiger partial charge on any atom is 0.306 e. The smallest absolute Gasteiger partial charge is 0.306 e. The van der Waals surface area contributed by atoms with Gasteiger partial charge in [0.2, 0.25) is 5.91 Å². The van der Waals surface area contributed by atoms with Crippen LogP contribution in [0.4, 0.5) is 0 Å². The van der Waals surface area contributed by atoms with Crippen molar-refractivity contribution in [1.29, 1.82) is 0 Å². The molecule has 2 saturated carbocycles. The second kappa shape index (κ2) is 6.37. The van der Waals surface area contributed by atoms with E-state index in [0.717, 1.165) is 44.9 Å². The summed E-state index contributed by atoms with van der Waals surface area (Å²) >= 11 is 0. The summed E-state index contributed by atoms with van der Waals surface area (Å²) in [6, 6.07) is 0.141. The lowest BCUT2D eigenvalue weighted by atomic mass is 9.85. The van der Waals surface area contributed by atoms with E-state index in [1.165, 1.54) is 0 Å². The molecule has 0 aromatic rings. The molecule has 0 heterocycles. The van der Waals surface area contributed by atoms with Crippen LogP contribution in [0.15, 0.2) is 0 Å². The first-order chi connectivity index (χ1) is 9.08. The minimum atomic E-state index is -0.726. The number of carboxylic acids is 1. The van der Waals surface area contributed by atoms with Crippen LogP contribution in [0.5, 0.6) is 0 Å². The Morgan fingerprint density at radius 3 is 2.58 bits per heavy atom. The molecular formula is C14H24N2O3. The van der Waals surface area contributed by atoms with Crippen LogP contribution in [0.3, 0.4) is 0 Å². The number of nitrogens with two attached hydrogens (primary N) is 1. The van der Waals surface area contributed by atoms with Gasteiger partial charge in [-0.2, -0.15) is 0 Å². The molecule has 19 heavy (non-hydrogen) atoms. The Balaban J connectivity index is 1.78. The molecule has 0 bridgehead atoms. The lowest BCUT2D eigenvalue weighted by molar-refractivity contribution is -0.143. The molecule has 5 nitrogen and oxygen atoms in total. The highest BCUT2D eigenvalue weighted by atomic mass is 16.4. The summed E-state index contributed by atoms with van der Waals surface area (Å²) in [7, 11) is 0. The quantitative estimate of drug-likeness (QED) is 0.712. The standard InChI is InChI=1S/C14H24N2O3/c15-11-5-1-3-9(7-11)13(17)16-8-10-4-2-6-12(10)14(18)19/h9-12H,1-8,15H2,(H,16,17)(H,18,19). The van der Waals surface area contributed by atoms with Gasteiger partial charge in [0.1, 0.15) is 0 Å². The van der Waals surface area contributed by atoms with Gasteiger partial charge in [-0.25, -0.2) is 0 Å². The van der Waals surface area contributed by atoms with E-state index in [0.29, 0.717) is 6.54 Å². The third-order valence-electron chi connectivity index (χ3n) is 4.60. The Morgan fingerprint density at radius 1 is 1.16 bits per heavy atom. The first-order valence-corrected chi connectivity index (χ1v) is 7.34. The zero-order valence-electron chi connectivity index (χ0n) is 11.3. The maximum atomic E-state index is 12.1. The molecule has 5 heteroatoms. The van der Waals surface area contributed by atoms with Gasteiger partial charge >= 0.3 is 5.97 Å². The average molecular weight is 268 g/mol. The minimum Gasteiger partial charge on any atom is -0.481 e. The van der Waals surface area contributed by atoms with Gasteiger partial charge in [-0.1, -0.05) is 12.8 Å². The van der Waals surface area contributed by atoms with Crippen molar-refractivity contribution in [2.45, 2.75) is 51.0 Å². The van der Waals surface area contributed by atoms with Crippen LogP contribution < -0.4 is 11.1 Å². The van der Waals surface area contributed by atoms with E-state index < -0.39 is 5.97 Å². The number of carboxylic acid groups (broad SMARTS) is 1. The molecule has 0 saturated heterocycles. The summed E-state index contributed by atoms with van der Waals surface area (Å²) in [6.07, 6.45) is 6.29. The third-order valence-corrected chi connectivity index (χ3v) is 4.60. The maximum absolute atomic E-state index is 12.1. The van der Waals surface area contributed by atoms with Crippen LogP contribution in [-0.4, -0.2) is 29.6 Å². The lowest BCUT2D eigenvalue weighted by Gasteiger charge is -2.26. The zero-order valence-corrected chi connectivity index (χ0v) is 11.3. The molecule has 0 spiro atoms. The largest absolute Gasteiger partial charge is 0.481 e. The van der Waals surface area contributed by atoms with Gasteiger partial charge in [-0.15, -0.1) is 0 Å². The second-order valence-electron chi connectivity index (χ2n) is 6.00. The molecular weight excluding hydrogens is 244 g/mol. The molecule has 4 atom stereocenters. The molecule has 4 unspecified atom stereocenters.